The minimum Gasteiger partial charge on any atom is -0.495 e. The zero-order valence-corrected chi connectivity index (χ0v) is 13.8. The van der Waals surface area contributed by atoms with E-state index in [0.717, 1.165) is 31.8 Å². The first-order valence-electron chi connectivity index (χ1n) is 7.16. The molecule has 4 heteroatoms. The van der Waals surface area contributed by atoms with E-state index in [2.05, 4.69) is 31.7 Å². The van der Waals surface area contributed by atoms with Gasteiger partial charge in [-0.2, -0.15) is 0 Å². The number of rotatable bonds is 8. The normalized spacial score (nSPS) is 11.9. The largest absolute Gasteiger partial charge is 0.495 e. The van der Waals surface area contributed by atoms with E-state index in [1.54, 1.807) is 7.11 Å². The van der Waals surface area contributed by atoms with E-state index < -0.39 is 0 Å². The number of hydrogen-bond donors (Lipinski definition) is 1. The maximum atomic E-state index is 6.19. The van der Waals surface area contributed by atoms with Crippen molar-refractivity contribution in [3.63, 3.8) is 0 Å². The first-order chi connectivity index (χ1) is 9.41. The van der Waals surface area contributed by atoms with Gasteiger partial charge < -0.3 is 10.5 Å². The molecule has 3 nitrogen and oxygen atoms in total. The molecule has 1 aromatic carbocycles. The third-order valence-electron chi connectivity index (χ3n) is 3.37. The molecule has 0 amide bonds. The molecule has 0 saturated heterocycles. The number of ether oxygens (including phenoxy) is 1. The molecule has 0 unspecified atom stereocenters. The number of halogens is 1. The summed E-state index contributed by atoms with van der Waals surface area (Å²) in [7, 11) is 1.63. The van der Waals surface area contributed by atoms with Crippen molar-refractivity contribution in [1.82, 2.24) is 4.90 Å². The summed E-state index contributed by atoms with van der Waals surface area (Å²) in [6.07, 6.45) is 1.13. The monoisotopic (exact) mass is 298 g/mol. The summed E-state index contributed by atoms with van der Waals surface area (Å²) in [5, 5.41) is 0.666. The number of hydrogen-bond acceptors (Lipinski definition) is 3. The van der Waals surface area contributed by atoms with E-state index >= 15 is 0 Å². The smallest absolute Gasteiger partial charge is 0.137 e. The highest BCUT2D eigenvalue weighted by Gasteiger charge is 2.20. The van der Waals surface area contributed by atoms with Gasteiger partial charge in [-0.3, -0.25) is 4.90 Å². The first-order valence-corrected chi connectivity index (χ1v) is 7.54. The fraction of sp³-hybridized carbons (Fsp3) is 0.625. The van der Waals surface area contributed by atoms with Crippen LogP contribution in [0.3, 0.4) is 0 Å². The molecule has 0 fully saturated rings. The van der Waals surface area contributed by atoms with Crippen LogP contribution in [0.1, 0.15) is 32.8 Å². The summed E-state index contributed by atoms with van der Waals surface area (Å²) in [5.74, 6) is 0.722. The van der Waals surface area contributed by atoms with Crippen molar-refractivity contribution in [2.45, 2.75) is 33.7 Å². The van der Waals surface area contributed by atoms with Crippen LogP contribution < -0.4 is 10.5 Å². The minimum atomic E-state index is 0.130. The lowest BCUT2D eigenvalue weighted by atomic mass is 9.93. The molecule has 1 aromatic rings. The molecular formula is C16H27ClN2O. The molecule has 0 saturated carbocycles. The summed E-state index contributed by atoms with van der Waals surface area (Å²) in [6.45, 7) is 10.2. The van der Waals surface area contributed by atoms with Gasteiger partial charge in [-0.05, 0) is 42.6 Å². The van der Waals surface area contributed by atoms with Crippen molar-refractivity contribution in [2.75, 3.05) is 26.7 Å². The standard InChI is InChI=1S/C16H27ClN2O/c1-5-8-19(12-16(2,3)11-18)10-13-6-7-15(20-4)14(17)9-13/h6-7,9H,5,8,10-12,18H2,1-4H3. The second-order valence-electron chi connectivity index (χ2n) is 6.05. The summed E-state index contributed by atoms with van der Waals surface area (Å²) in [5.41, 5.74) is 7.18. The molecule has 0 radical (unpaired) electrons. The van der Waals surface area contributed by atoms with Gasteiger partial charge in [0.2, 0.25) is 0 Å². The highest BCUT2D eigenvalue weighted by Crippen LogP contribution is 2.26. The Kier molecular flexibility index (Phi) is 6.80. The van der Waals surface area contributed by atoms with E-state index in [1.807, 2.05) is 12.1 Å². The predicted molar refractivity (Wildman–Crippen MR) is 86.4 cm³/mol. The molecule has 1 rings (SSSR count). The van der Waals surface area contributed by atoms with Gasteiger partial charge in [0.05, 0.1) is 12.1 Å². The Balaban J connectivity index is 2.77. The van der Waals surface area contributed by atoms with Gasteiger partial charge in [-0.25, -0.2) is 0 Å². The molecule has 0 spiro atoms. The molecule has 0 aromatic heterocycles. The Hall–Kier alpha value is -0.770. The summed E-state index contributed by atoms with van der Waals surface area (Å²) < 4.78 is 5.19. The maximum Gasteiger partial charge on any atom is 0.137 e. The zero-order valence-electron chi connectivity index (χ0n) is 13.1. The van der Waals surface area contributed by atoms with Gasteiger partial charge in [-0.15, -0.1) is 0 Å². The quantitative estimate of drug-likeness (QED) is 0.798. The number of nitrogens with two attached hydrogens (primary N) is 1. The van der Waals surface area contributed by atoms with Gasteiger partial charge in [0, 0.05) is 13.1 Å². The van der Waals surface area contributed by atoms with Crippen LogP contribution in [0.2, 0.25) is 5.02 Å². The second-order valence-corrected chi connectivity index (χ2v) is 6.46. The third-order valence-corrected chi connectivity index (χ3v) is 3.66. The van der Waals surface area contributed by atoms with Gasteiger partial charge >= 0.3 is 0 Å². The van der Waals surface area contributed by atoms with Crippen LogP contribution in [-0.2, 0) is 6.54 Å². The molecule has 0 atom stereocenters. The van der Waals surface area contributed by atoms with Gasteiger partial charge in [0.25, 0.3) is 0 Å². The predicted octanol–water partition coefficient (Wildman–Crippen LogP) is 3.55. The Bertz CT molecular complexity index is 421. The number of nitrogens with zero attached hydrogens (tertiary/aromatic N) is 1. The van der Waals surface area contributed by atoms with Crippen molar-refractivity contribution in [1.29, 1.82) is 0 Å². The molecular weight excluding hydrogens is 272 g/mol. The number of methoxy groups -OCH3 is 1. The van der Waals surface area contributed by atoms with Crippen molar-refractivity contribution >= 4 is 11.6 Å². The van der Waals surface area contributed by atoms with E-state index in [0.29, 0.717) is 11.6 Å². The Labute approximate surface area is 128 Å². The zero-order chi connectivity index (χ0) is 15.2. The molecule has 20 heavy (non-hydrogen) atoms. The average molecular weight is 299 g/mol. The Morgan fingerprint density at radius 2 is 2.05 bits per heavy atom. The Morgan fingerprint density at radius 3 is 2.55 bits per heavy atom. The molecule has 0 bridgehead atoms. The van der Waals surface area contributed by atoms with Crippen LogP contribution in [0.15, 0.2) is 18.2 Å². The lowest BCUT2D eigenvalue weighted by Crippen LogP contribution is -2.38. The maximum absolute atomic E-state index is 6.19. The molecule has 0 heterocycles. The highest BCUT2D eigenvalue weighted by molar-refractivity contribution is 6.32. The van der Waals surface area contributed by atoms with E-state index in [4.69, 9.17) is 22.1 Å². The van der Waals surface area contributed by atoms with Crippen LogP contribution in [0.4, 0.5) is 0 Å². The van der Waals surface area contributed by atoms with E-state index in [9.17, 15) is 0 Å². The topological polar surface area (TPSA) is 38.5 Å². The highest BCUT2D eigenvalue weighted by atomic mass is 35.5. The molecule has 0 aliphatic carbocycles. The SMILES string of the molecule is CCCN(Cc1ccc(OC)c(Cl)c1)CC(C)(C)CN. The van der Waals surface area contributed by atoms with Crippen molar-refractivity contribution in [3.8, 4) is 5.75 Å². The van der Waals surface area contributed by atoms with E-state index in [-0.39, 0.29) is 5.41 Å². The summed E-state index contributed by atoms with van der Waals surface area (Å²) >= 11 is 6.19. The number of benzene rings is 1. The van der Waals surface area contributed by atoms with Crippen molar-refractivity contribution in [3.05, 3.63) is 28.8 Å². The molecule has 0 aliphatic heterocycles. The van der Waals surface area contributed by atoms with Crippen LogP contribution in [0, 0.1) is 5.41 Å². The van der Waals surface area contributed by atoms with Crippen LogP contribution in [-0.4, -0.2) is 31.6 Å². The lowest BCUT2D eigenvalue weighted by Gasteiger charge is -2.31. The van der Waals surface area contributed by atoms with Crippen LogP contribution in [0.5, 0.6) is 5.75 Å². The fourth-order valence-electron chi connectivity index (χ4n) is 2.27. The van der Waals surface area contributed by atoms with Crippen LogP contribution >= 0.6 is 11.6 Å². The third kappa shape index (κ3) is 5.31. The summed E-state index contributed by atoms with van der Waals surface area (Å²) in [4.78, 5) is 2.44. The van der Waals surface area contributed by atoms with Crippen molar-refractivity contribution < 1.29 is 4.74 Å². The average Bonchev–Trinajstić information content (AvgIpc) is 2.39. The van der Waals surface area contributed by atoms with E-state index in [1.165, 1.54) is 5.56 Å². The Morgan fingerprint density at radius 1 is 1.35 bits per heavy atom. The first kappa shape index (κ1) is 17.3. The minimum absolute atomic E-state index is 0.130. The summed E-state index contributed by atoms with van der Waals surface area (Å²) in [6, 6.07) is 5.98. The molecule has 2 N–H and O–H groups in total. The van der Waals surface area contributed by atoms with Crippen molar-refractivity contribution in [2.24, 2.45) is 11.1 Å². The lowest BCUT2D eigenvalue weighted by molar-refractivity contribution is 0.176. The van der Waals surface area contributed by atoms with Gasteiger partial charge in [0.1, 0.15) is 5.75 Å². The van der Waals surface area contributed by atoms with Crippen LogP contribution in [0.25, 0.3) is 0 Å². The van der Waals surface area contributed by atoms with Gasteiger partial charge in [0.15, 0.2) is 0 Å². The fourth-order valence-corrected chi connectivity index (χ4v) is 2.55. The molecule has 114 valence electrons. The molecule has 0 aliphatic rings. The second kappa shape index (κ2) is 7.87. The van der Waals surface area contributed by atoms with Gasteiger partial charge in [-0.1, -0.05) is 38.4 Å².